The maximum atomic E-state index is 4.70. The van der Waals surface area contributed by atoms with Crippen LogP contribution in [0.1, 0.15) is 34.1 Å². The van der Waals surface area contributed by atoms with Crippen LogP contribution < -0.4 is 5.32 Å². The van der Waals surface area contributed by atoms with Crippen molar-refractivity contribution in [3.63, 3.8) is 0 Å². The second kappa shape index (κ2) is 8.02. The van der Waals surface area contributed by atoms with Crippen LogP contribution in [0, 0.1) is 0 Å². The van der Waals surface area contributed by atoms with Gasteiger partial charge in [-0.15, -0.1) is 0 Å². The van der Waals surface area contributed by atoms with Crippen LogP contribution in [0.3, 0.4) is 0 Å². The first-order valence-corrected chi connectivity index (χ1v) is 8.66. The molecule has 1 aliphatic carbocycles. The maximum absolute atomic E-state index is 4.70. The molecule has 0 bridgehead atoms. The van der Waals surface area contributed by atoms with E-state index in [2.05, 4.69) is 50.6 Å². The lowest BCUT2D eigenvalue weighted by atomic mass is 10.1. The zero-order valence-electron chi connectivity index (χ0n) is 16.1. The molecular formula is C22H29N3. The number of aliphatic imine (C=N–C) groups is 1. The van der Waals surface area contributed by atoms with Crippen LogP contribution in [-0.2, 0) is 0 Å². The first-order chi connectivity index (χ1) is 11.8. The Bertz CT molecular complexity index is 767. The highest BCUT2D eigenvalue weighted by Crippen LogP contribution is 2.24. The molecule has 132 valence electrons. The molecule has 2 aliphatic rings. The topological polar surface area (TPSA) is 27.6 Å². The number of likely N-dealkylation sites (N-methyl/N-ethyl adjacent to an activating group) is 1. The van der Waals surface area contributed by atoms with E-state index in [-0.39, 0.29) is 0 Å². The van der Waals surface area contributed by atoms with E-state index in [1.165, 1.54) is 16.7 Å². The molecule has 1 aliphatic heterocycles. The number of nitrogens with zero attached hydrogens (tertiary/aromatic N) is 2. The number of nitrogens with one attached hydrogen (secondary N) is 1. The van der Waals surface area contributed by atoms with Gasteiger partial charge in [0.1, 0.15) is 5.82 Å². The molecule has 0 saturated carbocycles. The first kappa shape index (κ1) is 18.8. The van der Waals surface area contributed by atoms with Crippen molar-refractivity contribution in [3.05, 3.63) is 83.0 Å². The summed E-state index contributed by atoms with van der Waals surface area (Å²) in [5, 5.41) is 3.42. The predicted molar refractivity (Wildman–Crippen MR) is 109 cm³/mol. The zero-order chi connectivity index (χ0) is 18.6. The standard InChI is InChI=1S/C22H29N3/c1-8-22-24-20(13-21(15(2)3)25(22)7)18(6)23-14-19-11-9-16(4)17(5)10-12-19/h8-9,11-13,23H,2,6,10,14H2,1,3-5,7H3/b22-8-. The molecule has 2 rings (SSSR count). The third kappa shape index (κ3) is 4.50. The van der Waals surface area contributed by atoms with Crippen LogP contribution in [0.4, 0.5) is 0 Å². The van der Waals surface area contributed by atoms with E-state index in [1.807, 2.05) is 37.9 Å². The van der Waals surface area contributed by atoms with Crippen molar-refractivity contribution in [1.82, 2.24) is 10.2 Å². The Morgan fingerprint density at radius 2 is 2.04 bits per heavy atom. The number of hydrogen-bond donors (Lipinski definition) is 1. The summed E-state index contributed by atoms with van der Waals surface area (Å²) in [7, 11) is 2.01. The largest absolute Gasteiger partial charge is 0.380 e. The number of rotatable bonds is 5. The van der Waals surface area contributed by atoms with Gasteiger partial charge < -0.3 is 10.2 Å². The second-order valence-corrected chi connectivity index (χ2v) is 6.62. The van der Waals surface area contributed by atoms with Crippen molar-refractivity contribution < 1.29 is 0 Å². The summed E-state index contributed by atoms with van der Waals surface area (Å²) in [6.45, 7) is 17.3. The molecule has 0 aromatic carbocycles. The fourth-order valence-corrected chi connectivity index (χ4v) is 2.72. The summed E-state index contributed by atoms with van der Waals surface area (Å²) < 4.78 is 0. The van der Waals surface area contributed by atoms with Gasteiger partial charge in [-0.05, 0) is 57.4 Å². The van der Waals surface area contributed by atoms with Crippen molar-refractivity contribution in [1.29, 1.82) is 0 Å². The van der Waals surface area contributed by atoms with Crippen molar-refractivity contribution >= 4 is 5.71 Å². The molecule has 0 atom stereocenters. The minimum absolute atomic E-state index is 0.742. The highest BCUT2D eigenvalue weighted by atomic mass is 15.2. The molecule has 0 radical (unpaired) electrons. The van der Waals surface area contributed by atoms with Gasteiger partial charge >= 0.3 is 0 Å². The summed E-state index contributed by atoms with van der Waals surface area (Å²) >= 11 is 0. The molecule has 3 nitrogen and oxygen atoms in total. The Morgan fingerprint density at radius 3 is 2.68 bits per heavy atom. The molecule has 0 fully saturated rings. The van der Waals surface area contributed by atoms with Gasteiger partial charge in [-0.25, -0.2) is 4.99 Å². The van der Waals surface area contributed by atoms with Crippen molar-refractivity contribution in [2.24, 2.45) is 4.99 Å². The van der Waals surface area contributed by atoms with Crippen molar-refractivity contribution in [3.8, 4) is 0 Å². The number of hydrogen-bond acceptors (Lipinski definition) is 3. The summed E-state index contributed by atoms with van der Waals surface area (Å²) in [4.78, 5) is 6.75. The summed E-state index contributed by atoms with van der Waals surface area (Å²) in [6, 6.07) is 0. The molecule has 0 saturated heterocycles. The molecular weight excluding hydrogens is 306 g/mol. The third-order valence-electron chi connectivity index (χ3n) is 4.62. The van der Waals surface area contributed by atoms with E-state index in [4.69, 9.17) is 4.99 Å². The molecule has 25 heavy (non-hydrogen) atoms. The lowest BCUT2D eigenvalue weighted by molar-refractivity contribution is 0.516. The zero-order valence-corrected chi connectivity index (χ0v) is 16.1. The first-order valence-electron chi connectivity index (χ1n) is 8.66. The lowest BCUT2D eigenvalue weighted by Gasteiger charge is -2.28. The molecule has 0 aromatic heterocycles. The van der Waals surface area contributed by atoms with Crippen LogP contribution in [0.2, 0.25) is 0 Å². The second-order valence-electron chi connectivity index (χ2n) is 6.62. The number of allylic oxidation sites excluding steroid dienone is 7. The van der Waals surface area contributed by atoms with E-state index in [0.717, 1.165) is 41.5 Å². The smallest absolute Gasteiger partial charge is 0.129 e. The van der Waals surface area contributed by atoms with Gasteiger partial charge in [0.25, 0.3) is 0 Å². The summed E-state index contributed by atoms with van der Waals surface area (Å²) in [5.41, 5.74) is 7.77. The Morgan fingerprint density at radius 1 is 1.32 bits per heavy atom. The average Bonchev–Trinajstić information content (AvgIpc) is 2.74. The molecule has 0 unspecified atom stereocenters. The Labute approximate surface area is 152 Å². The van der Waals surface area contributed by atoms with E-state index in [1.54, 1.807) is 0 Å². The van der Waals surface area contributed by atoms with Crippen molar-refractivity contribution in [2.75, 3.05) is 13.6 Å². The summed E-state index contributed by atoms with van der Waals surface area (Å²) in [5.74, 6) is 0.905. The van der Waals surface area contributed by atoms with Crippen LogP contribution in [0.15, 0.2) is 88.0 Å². The highest BCUT2D eigenvalue weighted by Gasteiger charge is 2.18. The quantitative estimate of drug-likeness (QED) is 0.764. The Hall–Kier alpha value is -2.55. The minimum atomic E-state index is 0.742. The lowest BCUT2D eigenvalue weighted by Crippen LogP contribution is -2.27. The SMILES string of the molecule is C=C(C)C1=CC(C(=C)NCC2=CCC(C)=C(C)C=C2)=N/C(=C/C)N1C. The predicted octanol–water partition coefficient (Wildman–Crippen LogP) is 5.02. The van der Waals surface area contributed by atoms with Crippen LogP contribution >= 0.6 is 0 Å². The van der Waals surface area contributed by atoms with Gasteiger partial charge in [-0.1, -0.05) is 42.5 Å². The summed E-state index contributed by atoms with van der Waals surface area (Å²) in [6.07, 6.45) is 11.7. The van der Waals surface area contributed by atoms with Crippen LogP contribution in [-0.4, -0.2) is 24.2 Å². The Balaban J connectivity index is 2.11. The van der Waals surface area contributed by atoms with E-state index in [0.29, 0.717) is 0 Å². The van der Waals surface area contributed by atoms with Gasteiger partial charge in [0.15, 0.2) is 0 Å². The minimum Gasteiger partial charge on any atom is -0.380 e. The van der Waals surface area contributed by atoms with Crippen molar-refractivity contribution in [2.45, 2.75) is 34.1 Å². The van der Waals surface area contributed by atoms with Gasteiger partial charge in [0.2, 0.25) is 0 Å². The highest BCUT2D eigenvalue weighted by molar-refractivity contribution is 6.09. The maximum Gasteiger partial charge on any atom is 0.129 e. The molecule has 0 spiro atoms. The molecule has 0 aromatic rings. The van der Waals surface area contributed by atoms with Gasteiger partial charge in [-0.3, -0.25) is 0 Å². The van der Waals surface area contributed by atoms with E-state index in [9.17, 15) is 0 Å². The van der Waals surface area contributed by atoms with Gasteiger partial charge in [0, 0.05) is 19.3 Å². The van der Waals surface area contributed by atoms with E-state index >= 15 is 0 Å². The fraction of sp³-hybridized carbons (Fsp3) is 0.318. The van der Waals surface area contributed by atoms with Crippen LogP contribution in [0.25, 0.3) is 0 Å². The molecule has 3 heteroatoms. The fourth-order valence-electron chi connectivity index (χ4n) is 2.72. The van der Waals surface area contributed by atoms with Gasteiger partial charge in [0.05, 0.1) is 11.4 Å². The average molecular weight is 335 g/mol. The monoisotopic (exact) mass is 335 g/mol. The van der Waals surface area contributed by atoms with Gasteiger partial charge in [-0.2, -0.15) is 0 Å². The third-order valence-corrected chi connectivity index (χ3v) is 4.62. The van der Waals surface area contributed by atoms with Crippen LogP contribution in [0.5, 0.6) is 0 Å². The normalized spacial score (nSPS) is 19.3. The van der Waals surface area contributed by atoms with E-state index < -0.39 is 0 Å². The molecule has 1 N–H and O–H groups in total. The molecule has 1 heterocycles. The Kier molecular flexibility index (Phi) is 6.02. The molecule has 0 amide bonds.